The molecule has 1 aromatic carbocycles. The molecule has 132 valence electrons. The molecule has 2 amide bonds. The van der Waals surface area contributed by atoms with E-state index in [0.29, 0.717) is 17.9 Å². The second-order valence-electron chi connectivity index (χ2n) is 6.15. The van der Waals surface area contributed by atoms with Crippen molar-refractivity contribution in [3.63, 3.8) is 0 Å². The Bertz CT molecular complexity index is 892. The van der Waals surface area contributed by atoms with Crippen LogP contribution in [0.2, 0.25) is 5.02 Å². The molecule has 2 atom stereocenters. The Morgan fingerprint density at radius 1 is 1.12 bits per heavy atom. The Morgan fingerprint density at radius 3 is 2.42 bits per heavy atom. The van der Waals surface area contributed by atoms with E-state index in [0.717, 1.165) is 4.90 Å². The Kier molecular flexibility index (Phi) is 4.12. The second kappa shape index (κ2) is 6.46. The van der Waals surface area contributed by atoms with Gasteiger partial charge in [-0.2, -0.15) is 0 Å². The van der Waals surface area contributed by atoms with Gasteiger partial charge >= 0.3 is 5.97 Å². The summed E-state index contributed by atoms with van der Waals surface area (Å²) in [5.74, 6) is -2.02. The molecule has 2 aliphatic rings. The first-order valence-corrected chi connectivity index (χ1v) is 8.52. The molecule has 0 radical (unpaired) electrons. The molecule has 2 heterocycles. The number of anilines is 1. The van der Waals surface area contributed by atoms with Gasteiger partial charge in [-0.05, 0) is 43.2 Å². The zero-order valence-electron chi connectivity index (χ0n) is 13.6. The molecule has 1 aliphatic heterocycles. The standard InChI is InChI=1S/C19H14ClNO5/c20-11-7-8-15(26-19(24)16-6-3-9-25-16)14(10-11)21-17(22)12-4-1-2-5-13(12)18(21)23/h1-3,6-10,12-13H,4-5H2/t12-,13-/m1/s1. The highest BCUT2D eigenvalue weighted by Crippen LogP contribution is 2.41. The van der Waals surface area contributed by atoms with Gasteiger partial charge in [-0.25, -0.2) is 9.69 Å². The van der Waals surface area contributed by atoms with Crippen molar-refractivity contribution in [2.75, 3.05) is 4.90 Å². The number of nitrogens with zero attached hydrogens (tertiary/aromatic N) is 1. The average Bonchev–Trinajstić information content (AvgIpc) is 3.25. The van der Waals surface area contributed by atoms with Crippen LogP contribution >= 0.6 is 11.6 Å². The third-order valence-electron chi connectivity index (χ3n) is 4.59. The molecule has 1 aromatic heterocycles. The number of fused-ring (bicyclic) bond motifs is 1. The molecule has 6 nitrogen and oxygen atoms in total. The first kappa shape index (κ1) is 16.6. The van der Waals surface area contributed by atoms with Crippen LogP contribution in [0, 0.1) is 11.8 Å². The van der Waals surface area contributed by atoms with Gasteiger partial charge < -0.3 is 9.15 Å². The summed E-state index contributed by atoms with van der Waals surface area (Å²) in [5, 5.41) is 0.325. The number of halogens is 1. The molecular formula is C19H14ClNO5. The summed E-state index contributed by atoms with van der Waals surface area (Å²) in [4.78, 5) is 38.9. The summed E-state index contributed by atoms with van der Waals surface area (Å²) in [6.45, 7) is 0. The fourth-order valence-electron chi connectivity index (χ4n) is 3.33. The third-order valence-corrected chi connectivity index (χ3v) is 4.83. The highest BCUT2D eigenvalue weighted by Gasteiger charge is 2.48. The number of furan rings is 1. The summed E-state index contributed by atoms with van der Waals surface area (Å²) >= 11 is 6.06. The van der Waals surface area contributed by atoms with Gasteiger partial charge in [0.1, 0.15) is 0 Å². The molecule has 26 heavy (non-hydrogen) atoms. The topological polar surface area (TPSA) is 76.8 Å². The predicted octanol–water partition coefficient (Wildman–Crippen LogP) is 3.61. The molecule has 0 saturated carbocycles. The van der Waals surface area contributed by atoms with Crippen molar-refractivity contribution in [3.05, 3.63) is 59.5 Å². The summed E-state index contributed by atoms with van der Waals surface area (Å²) < 4.78 is 10.4. The smallest absolute Gasteiger partial charge is 0.379 e. The minimum absolute atomic E-state index is 0.0165. The van der Waals surface area contributed by atoms with E-state index in [1.165, 1.54) is 30.5 Å². The fourth-order valence-corrected chi connectivity index (χ4v) is 3.50. The lowest BCUT2D eigenvalue weighted by Crippen LogP contribution is -2.31. The minimum Gasteiger partial charge on any atom is -0.457 e. The number of carbonyl (C=O) groups excluding carboxylic acids is 3. The van der Waals surface area contributed by atoms with Crippen molar-refractivity contribution in [2.45, 2.75) is 12.8 Å². The number of hydrogen-bond acceptors (Lipinski definition) is 5. The number of esters is 1. The summed E-state index contributed by atoms with van der Waals surface area (Å²) in [6, 6.07) is 7.45. The van der Waals surface area contributed by atoms with Crippen LogP contribution in [0.5, 0.6) is 5.75 Å². The van der Waals surface area contributed by atoms with E-state index in [2.05, 4.69) is 0 Å². The summed E-state index contributed by atoms with van der Waals surface area (Å²) in [5.41, 5.74) is 0.168. The molecule has 7 heteroatoms. The number of ether oxygens (including phenoxy) is 1. The van der Waals surface area contributed by atoms with E-state index in [1.54, 1.807) is 6.07 Å². The fraction of sp³-hybridized carbons (Fsp3) is 0.211. The maximum atomic E-state index is 12.8. The van der Waals surface area contributed by atoms with Gasteiger partial charge in [-0.1, -0.05) is 23.8 Å². The number of imide groups is 1. The van der Waals surface area contributed by atoms with E-state index >= 15 is 0 Å². The molecule has 0 spiro atoms. The largest absolute Gasteiger partial charge is 0.457 e. The van der Waals surface area contributed by atoms with Gasteiger partial charge in [0.25, 0.3) is 0 Å². The quantitative estimate of drug-likeness (QED) is 0.356. The predicted molar refractivity (Wildman–Crippen MR) is 93.0 cm³/mol. The van der Waals surface area contributed by atoms with Crippen LogP contribution < -0.4 is 9.64 Å². The van der Waals surface area contributed by atoms with Gasteiger partial charge in [-0.15, -0.1) is 0 Å². The van der Waals surface area contributed by atoms with Crippen LogP contribution in [0.1, 0.15) is 23.4 Å². The lowest BCUT2D eigenvalue weighted by molar-refractivity contribution is -0.122. The van der Waals surface area contributed by atoms with Crippen LogP contribution in [-0.4, -0.2) is 17.8 Å². The molecule has 0 bridgehead atoms. The van der Waals surface area contributed by atoms with E-state index in [4.69, 9.17) is 20.8 Å². The Labute approximate surface area is 154 Å². The molecule has 4 rings (SSSR count). The van der Waals surface area contributed by atoms with Crippen LogP contribution in [-0.2, 0) is 9.59 Å². The lowest BCUT2D eigenvalue weighted by Gasteiger charge is -2.18. The van der Waals surface area contributed by atoms with Gasteiger partial charge in [0.2, 0.25) is 17.6 Å². The van der Waals surface area contributed by atoms with Gasteiger partial charge in [0, 0.05) is 5.02 Å². The van der Waals surface area contributed by atoms with Crippen LogP contribution in [0.4, 0.5) is 5.69 Å². The zero-order valence-corrected chi connectivity index (χ0v) is 14.3. The minimum atomic E-state index is -0.725. The highest BCUT2D eigenvalue weighted by atomic mass is 35.5. The van der Waals surface area contributed by atoms with Gasteiger partial charge in [0.05, 0.1) is 23.8 Å². The first-order chi connectivity index (χ1) is 12.6. The van der Waals surface area contributed by atoms with Crippen molar-refractivity contribution in [3.8, 4) is 5.75 Å². The third kappa shape index (κ3) is 2.72. The molecule has 1 aliphatic carbocycles. The van der Waals surface area contributed by atoms with E-state index in [-0.39, 0.29) is 40.8 Å². The maximum absolute atomic E-state index is 12.8. The van der Waals surface area contributed by atoms with E-state index in [9.17, 15) is 14.4 Å². The Balaban J connectivity index is 1.70. The normalized spacial score (nSPS) is 21.8. The van der Waals surface area contributed by atoms with Gasteiger partial charge in [-0.3, -0.25) is 9.59 Å². The molecule has 1 saturated heterocycles. The van der Waals surface area contributed by atoms with Crippen molar-refractivity contribution < 1.29 is 23.5 Å². The van der Waals surface area contributed by atoms with Crippen LogP contribution in [0.3, 0.4) is 0 Å². The van der Waals surface area contributed by atoms with Crippen LogP contribution in [0.25, 0.3) is 0 Å². The number of hydrogen-bond donors (Lipinski definition) is 0. The highest BCUT2D eigenvalue weighted by molar-refractivity contribution is 6.31. The first-order valence-electron chi connectivity index (χ1n) is 8.14. The van der Waals surface area contributed by atoms with Crippen LogP contribution in [0.15, 0.2) is 53.2 Å². The number of allylic oxidation sites excluding steroid dienone is 2. The molecular weight excluding hydrogens is 358 g/mol. The zero-order chi connectivity index (χ0) is 18.3. The number of carbonyl (C=O) groups is 3. The lowest BCUT2D eigenvalue weighted by atomic mass is 9.85. The maximum Gasteiger partial charge on any atom is 0.379 e. The van der Waals surface area contributed by atoms with Crippen molar-refractivity contribution in [2.24, 2.45) is 11.8 Å². The molecule has 0 unspecified atom stereocenters. The van der Waals surface area contributed by atoms with Crippen molar-refractivity contribution in [1.29, 1.82) is 0 Å². The monoisotopic (exact) mass is 371 g/mol. The number of benzene rings is 1. The summed E-state index contributed by atoms with van der Waals surface area (Å²) in [6.07, 6.45) is 6.21. The number of amides is 2. The van der Waals surface area contributed by atoms with E-state index in [1.807, 2.05) is 12.2 Å². The Morgan fingerprint density at radius 2 is 1.81 bits per heavy atom. The van der Waals surface area contributed by atoms with Crippen molar-refractivity contribution >= 4 is 35.1 Å². The summed E-state index contributed by atoms with van der Waals surface area (Å²) in [7, 11) is 0. The van der Waals surface area contributed by atoms with Crippen molar-refractivity contribution in [1.82, 2.24) is 0 Å². The van der Waals surface area contributed by atoms with E-state index < -0.39 is 5.97 Å². The number of rotatable bonds is 3. The molecule has 1 fully saturated rings. The second-order valence-corrected chi connectivity index (χ2v) is 6.58. The van der Waals surface area contributed by atoms with Gasteiger partial charge in [0.15, 0.2) is 5.75 Å². The molecule has 0 N–H and O–H groups in total. The average molecular weight is 372 g/mol. The molecule has 2 aromatic rings. The SMILES string of the molecule is O=C(Oc1ccc(Cl)cc1N1C(=O)[C@@H]2CC=CC[C@H]2C1=O)c1ccco1. The Hall–Kier alpha value is -2.86.